The molecule has 4 rings (SSSR count). The molecule has 0 fully saturated rings. The zero-order valence-corrected chi connectivity index (χ0v) is 20.3. The molecule has 1 N–H and O–H groups in total. The lowest BCUT2D eigenvalue weighted by atomic mass is 10.1. The second-order valence-corrected chi connectivity index (χ2v) is 8.63. The zero-order chi connectivity index (χ0) is 26.9. The van der Waals surface area contributed by atoms with Crippen LogP contribution in [0, 0.1) is 25.5 Å². The van der Waals surface area contributed by atoms with Crippen molar-refractivity contribution in [2.75, 3.05) is 5.32 Å². The van der Waals surface area contributed by atoms with Crippen LogP contribution in [0.15, 0.2) is 66.7 Å². The number of aromatic nitrogens is 1. The average molecular weight is 535 g/mol. The van der Waals surface area contributed by atoms with Crippen LogP contribution >= 0.6 is 11.6 Å². The van der Waals surface area contributed by atoms with Gasteiger partial charge in [0.15, 0.2) is 5.82 Å². The number of anilines is 1. The van der Waals surface area contributed by atoms with E-state index in [-0.39, 0.29) is 27.6 Å². The number of halogens is 6. The maximum absolute atomic E-state index is 14.1. The molecule has 4 aromatic rings. The van der Waals surface area contributed by atoms with Crippen molar-refractivity contribution in [3.8, 4) is 11.4 Å². The molecule has 3 aromatic carbocycles. The number of amides is 1. The molecule has 10 heteroatoms. The molecule has 0 aliphatic carbocycles. The van der Waals surface area contributed by atoms with Crippen LogP contribution in [0.5, 0.6) is 5.75 Å². The maximum Gasteiger partial charge on any atom is 0.418 e. The topological polar surface area (TPSA) is 43.3 Å². The minimum Gasteiger partial charge on any atom is -0.489 e. The molecule has 0 saturated heterocycles. The summed E-state index contributed by atoms with van der Waals surface area (Å²) in [6.45, 7) is 2.73. The van der Waals surface area contributed by atoms with Crippen LogP contribution in [0.1, 0.15) is 32.9 Å². The molecule has 0 saturated carbocycles. The molecular formula is C27H20ClF5N2O2. The highest BCUT2D eigenvalue weighted by molar-refractivity contribution is 6.30. The number of rotatable bonds is 6. The molecule has 1 aromatic heterocycles. The van der Waals surface area contributed by atoms with Gasteiger partial charge in [-0.05, 0) is 56.3 Å². The van der Waals surface area contributed by atoms with Crippen molar-refractivity contribution in [1.82, 2.24) is 4.57 Å². The number of nitrogens with zero attached hydrogens (tertiary/aromatic N) is 1. The first-order chi connectivity index (χ1) is 17.5. The molecular weight excluding hydrogens is 515 g/mol. The summed E-state index contributed by atoms with van der Waals surface area (Å²) in [5.41, 5.74) is 0.0292. The standard InChI is InChI=1S/C27H20ClF5N2O2/c1-15-12-19(16(2)35(15)24-9-4-3-8-21(24)27(31,32)33)26(36)34-17-6-5-7-18(13-17)37-14-20-23(29)11-10-22(28)25(20)30/h3-13H,14H2,1-2H3,(H,34,36). The van der Waals surface area contributed by atoms with Gasteiger partial charge in [0.05, 0.1) is 27.4 Å². The van der Waals surface area contributed by atoms with Gasteiger partial charge in [0.1, 0.15) is 18.2 Å². The molecule has 0 unspecified atom stereocenters. The summed E-state index contributed by atoms with van der Waals surface area (Å²) in [7, 11) is 0. The van der Waals surface area contributed by atoms with Gasteiger partial charge in [0, 0.05) is 23.1 Å². The highest BCUT2D eigenvalue weighted by atomic mass is 35.5. The summed E-state index contributed by atoms with van der Waals surface area (Å²) >= 11 is 5.70. The van der Waals surface area contributed by atoms with Crippen molar-refractivity contribution in [3.05, 3.63) is 111 Å². The monoisotopic (exact) mass is 534 g/mol. The summed E-state index contributed by atoms with van der Waals surface area (Å²) < 4.78 is 75.7. The molecule has 0 aliphatic rings. The Morgan fingerprint density at radius 3 is 2.46 bits per heavy atom. The van der Waals surface area contributed by atoms with Gasteiger partial charge in [-0.2, -0.15) is 13.2 Å². The summed E-state index contributed by atoms with van der Waals surface area (Å²) in [5, 5.41) is 2.44. The van der Waals surface area contributed by atoms with Gasteiger partial charge >= 0.3 is 6.18 Å². The van der Waals surface area contributed by atoms with Crippen LogP contribution in [0.3, 0.4) is 0 Å². The summed E-state index contributed by atoms with van der Waals surface area (Å²) in [4.78, 5) is 13.0. The van der Waals surface area contributed by atoms with Crippen molar-refractivity contribution in [1.29, 1.82) is 0 Å². The van der Waals surface area contributed by atoms with Crippen LogP contribution in [0.2, 0.25) is 5.02 Å². The molecule has 4 nitrogen and oxygen atoms in total. The lowest BCUT2D eigenvalue weighted by Gasteiger charge is -2.17. The molecule has 1 amide bonds. The number of benzene rings is 3. The zero-order valence-electron chi connectivity index (χ0n) is 19.6. The van der Waals surface area contributed by atoms with Crippen LogP contribution < -0.4 is 10.1 Å². The normalized spacial score (nSPS) is 11.5. The SMILES string of the molecule is Cc1cc(C(=O)Nc2cccc(OCc3c(F)ccc(Cl)c3F)c2)c(C)n1-c1ccccc1C(F)(F)F. The van der Waals surface area contributed by atoms with Crippen molar-refractivity contribution in [3.63, 3.8) is 0 Å². The van der Waals surface area contributed by atoms with Crippen LogP contribution in [-0.4, -0.2) is 10.5 Å². The number of aryl methyl sites for hydroxylation is 1. The first-order valence-electron chi connectivity index (χ1n) is 11.0. The predicted octanol–water partition coefficient (Wildman–Crippen LogP) is 7.88. The quantitative estimate of drug-likeness (QED) is 0.202. The Hall–Kier alpha value is -3.85. The summed E-state index contributed by atoms with van der Waals surface area (Å²) in [6.07, 6.45) is -4.57. The van der Waals surface area contributed by atoms with E-state index in [1.165, 1.54) is 41.0 Å². The van der Waals surface area contributed by atoms with Gasteiger partial charge in [0.25, 0.3) is 5.91 Å². The molecule has 1 heterocycles. The van der Waals surface area contributed by atoms with Crippen LogP contribution in [0.4, 0.5) is 27.6 Å². The highest BCUT2D eigenvalue weighted by Crippen LogP contribution is 2.35. The van der Waals surface area contributed by atoms with E-state index in [1.807, 2.05) is 0 Å². The van der Waals surface area contributed by atoms with Gasteiger partial charge < -0.3 is 14.6 Å². The Labute approximate surface area is 214 Å². The molecule has 0 aliphatic heterocycles. The number of carbonyl (C=O) groups is 1. The fourth-order valence-corrected chi connectivity index (χ4v) is 4.17. The Kier molecular flexibility index (Phi) is 7.27. The van der Waals surface area contributed by atoms with Crippen LogP contribution in [0.25, 0.3) is 5.69 Å². The lowest BCUT2D eigenvalue weighted by Crippen LogP contribution is -2.15. The Morgan fingerprint density at radius 2 is 1.73 bits per heavy atom. The summed E-state index contributed by atoms with van der Waals surface area (Å²) in [5.74, 6) is -2.06. The second-order valence-electron chi connectivity index (χ2n) is 8.23. The molecule has 0 radical (unpaired) electrons. The fourth-order valence-electron chi connectivity index (χ4n) is 3.99. The van der Waals surface area contributed by atoms with E-state index in [0.29, 0.717) is 17.1 Å². The Morgan fingerprint density at radius 1 is 1.00 bits per heavy atom. The smallest absolute Gasteiger partial charge is 0.418 e. The fraction of sp³-hybridized carbons (Fsp3) is 0.148. The molecule has 0 spiro atoms. The van der Waals surface area contributed by atoms with Crippen molar-refractivity contribution in [2.45, 2.75) is 26.6 Å². The molecule has 37 heavy (non-hydrogen) atoms. The van der Waals surface area contributed by atoms with Gasteiger partial charge in [-0.25, -0.2) is 8.78 Å². The minimum absolute atomic E-state index is 0.0834. The number of hydrogen-bond acceptors (Lipinski definition) is 2. The lowest BCUT2D eigenvalue weighted by molar-refractivity contribution is -0.137. The third-order valence-electron chi connectivity index (χ3n) is 5.74. The number of carbonyl (C=O) groups excluding carboxylic acids is 1. The maximum atomic E-state index is 14.1. The number of para-hydroxylation sites is 1. The van der Waals surface area contributed by atoms with E-state index < -0.39 is 35.9 Å². The number of nitrogens with one attached hydrogen (secondary N) is 1. The molecule has 192 valence electrons. The largest absolute Gasteiger partial charge is 0.489 e. The van der Waals surface area contributed by atoms with Gasteiger partial charge in [-0.1, -0.05) is 29.8 Å². The first kappa shape index (κ1) is 26.2. The van der Waals surface area contributed by atoms with E-state index in [1.54, 1.807) is 26.0 Å². The number of ether oxygens (including phenoxy) is 1. The van der Waals surface area contributed by atoms with E-state index >= 15 is 0 Å². The Balaban J connectivity index is 1.55. The Bertz CT molecular complexity index is 1480. The first-order valence-corrected chi connectivity index (χ1v) is 11.4. The third-order valence-corrected chi connectivity index (χ3v) is 6.03. The van der Waals surface area contributed by atoms with Crippen LogP contribution in [-0.2, 0) is 12.8 Å². The van der Waals surface area contributed by atoms with Crippen molar-refractivity contribution in [2.24, 2.45) is 0 Å². The summed E-state index contributed by atoms with van der Waals surface area (Å²) in [6, 6.07) is 14.9. The van der Waals surface area contributed by atoms with E-state index in [4.69, 9.17) is 16.3 Å². The predicted molar refractivity (Wildman–Crippen MR) is 130 cm³/mol. The molecule has 0 bridgehead atoms. The van der Waals surface area contributed by atoms with Gasteiger partial charge in [-0.15, -0.1) is 0 Å². The second kappa shape index (κ2) is 10.3. The van der Waals surface area contributed by atoms with E-state index in [0.717, 1.165) is 18.2 Å². The average Bonchev–Trinajstić information content (AvgIpc) is 3.15. The van der Waals surface area contributed by atoms with Crippen molar-refractivity contribution < 1.29 is 31.5 Å². The number of hydrogen-bond donors (Lipinski definition) is 1. The van der Waals surface area contributed by atoms with Gasteiger partial charge in [0.2, 0.25) is 0 Å². The van der Waals surface area contributed by atoms with Gasteiger partial charge in [-0.3, -0.25) is 4.79 Å². The van der Waals surface area contributed by atoms with E-state index in [9.17, 15) is 26.7 Å². The molecule has 0 atom stereocenters. The van der Waals surface area contributed by atoms with E-state index in [2.05, 4.69) is 5.32 Å². The van der Waals surface area contributed by atoms with Crippen molar-refractivity contribution >= 4 is 23.2 Å². The third kappa shape index (κ3) is 5.46. The highest BCUT2D eigenvalue weighted by Gasteiger charge is 2.34. The minimum atomic E-state index is -4.57. The number of alkyl halides is 3.